The highest BCUT2D eigenvalue weighted by Gasteiger charge is 2.12. The van der Waals surface area contributed by atoms with Crippen LogP contribution in [0.4, 0.5) is 0 Å². The van der Waals surface area contributed by atoms with E-state index in [1.165, 1.54) is 31.6 Å². The number of carbonyl (C=O) groups excluding carboxylic acids is 2. The number of ether oxygens (including phenoxy) is 2. The number of esters is 2. The first kappa shape index (κ1) is 17.8. The van der Waals surface area contributed by atoms with E-state index in [-0.39, 0.29) is 11.7 Å². The molecule has 0 aliphatic rings. The predicted molar refractivity (Wildman–Crippen MR) is 89.2 cm³/mol. The predicted octanol–water partition coefficient (Wildman–Crippen LogP) is 4.63. The van der Waals surface area contributed by atoms with Crippen LogP contribution in [0.2, 0.25) is 0 Å². The fourth-order valence-corrected chi connectivity index (χ4v) is 2.16. The Morgan fingerprint density at radius 3 is 2.38 bits per heavy atom. The molecule has 0 unspecified atom stereocenters. The zero-order chi connectivity index (χ0) is 17.2. The van der Waals surface area contributed by atoms with Gasteiger partial charge in [0.15, 0.2) is 0 Å². The van der Waals surface area contributed by atoms with Crippen molar-refractivity contribution < 1.29 is 23.5 Å². The fourth-order valence-electron chi connectivity index (χ4n) is 2.16. The third-order valence-corrected chi connectivity index (χ3v) is 3.50. The van der Waals surface area contributed by atoms with Gasteiger partial charge in [-0.2, -0.15) is 0 Å². The Morgan fingerprint density at radius 2 is 1.71 bits per heavy atom. The van der Waals surface area contributed by atoms with Crippen molar-refractivity contribution in [2.75, 3.05) is 6.61 Å². The van der Waals surface area contributed by atoms with Crippen LogP contribution in [-0.4, -0.2) is 18.5 Å². The van der Waals surface area contributed by atoms with Gasteiger partial charge in [-0.15, -0.1) is 0 Å². The maximum atomic E-state index is 11.9. The fraction of sp³-hybridized carbons (Fsp3) is 0.368. The average molecular weight is 330 g/mol. The van der Waals surface area contributed by atoms with Crippen LogP contribution in [0.3, 0.4) is 0 Å². The monoisotopic (exact) mass is 330 g/mol. The number of rotatable bonds is 9. The SMILES string of the molecule is CCCCCCCOC(=O)c1ccc(OC(=O)c2ccco2)cc1. The Morgan fingerprint density at radius 1 is 0.958 bits per heavy atom. The Labute approximate surface area is 141 Å². The molecule has 2 rings (SSSR count). The van der Waals surface area contributed by atoms with Crippen LogP contribution in [0.5, 0.6) is 5.75 Å². The maximum Gasteiger partial charge on any atom is 0.379 e. The van der Waals surface area contributed by atoms with Gasteiger partial charge in [-0.05, 0) is 42.8 Å². The first-order valence-corrected chi connectivity index (χ1v) is 8.23. The highest BCUT2D eigenvalue weighted by Crippen LogP contribution is 2.15. The van der Waals surface area contributed by atoms with Gasteiger partial charge < -0.3 is 13.9 Å². The summed E-state index contributed by atoms with van der Waals surface area (Å²) < 4.78 is 15.3. The number of carbonyl (C=O) groups is 2. The third-order valence-electron chi connectivity index (χ3n) is 3.50. The molecule has 0 saturated carbocycles. The van der Waals surface area contributed by atoms with Crippen LogP contribution in [0, 0.1) is 0 Å². The molecule has 2 aromatic rings. The standard InChI is InChI=1S/C19H22O5/c1-2-3-4-5-6-13-23-18(20)15-9-11-16(12-10-15)24-19(21)17-8-7-14-22-17/h7-12,14H,2-6,13H2,1H3. The van der Waals surface area contributed by atoms with Gasteiger partial charge in [0.2, 0.25) is 5.76 Å². The lowest BCUT2D eigenvalue weighted by molar-refractivity contribution is 0.0497. The molecule has 5 nitrogen and oxygen atoms in total. The zero-order valence-corrected chi connectivity index (χ0v) is 13.8. The molecule has 1 aromatic heterocycles. The quantitative estimate of drug-likeness (QED) is 0.381. The van der Waals surface area contributed by atoms with Crippen LogP contribution in [0.1, 0.15) is 59.9 Å². The highest BCUT2D eigenvalue weighted by molar-refractivity contribution is 5.90. The lowest BCUT2D eigenvalue weighted by atomic mass is 10.2. The molecular formula is C19H22O5. The van der Waals surface area contributed by atoms with Gasteiger partial charge in [0.05, 0.1) is 18.4 Å². The molecule has 0 aliphatic heterocycles. The van der Waals surface area contributed by atoms with Crippen molar-refractivity contribution in [3.05, 3.63) is 54.0 Å². The van der Waals surface area contributed by atoms with E-state index in [1.54, 1.807) is 30.3 Å². The van der Waals surface area contributed by atoms with Crippen molar-refractivity contribution in [2.24, 2.45) is 0 Å². The first-order valence-electron chi connectivity index (χ1n) is 8.23. The number of unbranched alkanes of at least 4 members (excludes halogenated alkanes) is 4. The van der Waals surface area contributed by atoms with Crippen LogP contribution in [-0.2, 0) is 4.74 Å². The lowest BCUT2D eigenvalue weighted by Crippen LogP contribution is -2.08. The van der Waals surface area contributed by atoms with E-state index in [1.807, 2.05) is 0 Å². The molecule has 0 N–H and O–H groups in total. The van der Waals surface area contributed by atoms with Crippen LogP contribution in [0.15, 0.2) is 47.1 Å². The number of hydrogen-bond donors (Lipinski definition) is 0. The summed E-state index contributed by atoms with van der Waals surface area (Å²) in [5.74, 6) is -0.481. The Balaban J connectivity index is 1.76. The molecule has 24 heavy (non-hydrogen) atoms. The molecule has 128 valence electrons. The molecule has 0 fully saturated rings. The molecule has 1 aromatic carbocycles. The molecule has 1 heterocycles. The number of benzene rings is 1. The van der Waals surface area contributed by atoms with Crippen molar-refractivity contribution in [1.29, 1.82) is 0 Å². The molecule has 0 saturated heterocycles. The second kappa shape index (κ2) is 9.55. The lowest BCUT2D eigenvalue weighted by Gasteiger charge is -2.06. The van der Waals surface area contributed by atoms with Gasteiger partial charge in [-0.1, -0.05) is 32.6 Å². The largest absolute Gasteiger partial charge is 0.462 e. The summed E-state index contributed by atoms with van der Waals surface area (Å²) in [4.78, 5) is 23.6. The van der Waals surface area contributed by atoms with Crippen molar-refractivity contribution >= 4 is 11.9 Å². The van der Waals surface area contributed by atoms with E-state index in [0.717, 1.165) is 12.8 Å². The minimum Gasteiger partial charge on any atom is -0.462 e. The van der Waals surface area contributed by atoms with E-state index in [9.17, 15) is 9.59 Å². The Hall–Kier alpha value is -2.56. The summed E-state index contributed by atoms with van der Waals surface area (Å²) in [6.45, 7) is 2.59. The highest BCUT2D eigenvalue weighted by atomic mass is 16.5. The van der Waals surface area contributed by atoms with E-state index < -0.39 is 5.97 Å². The first-order chi connectivity index (χ1) is 11.7. The van der Waals surface area contributed by atoms with Gasteiger partial charge in [-0.3, -0.25) is 0 Å². The van der Waals surface area contributed by atoms with Crippen molar-refractivity contribution in [2.45, 2.75) is 39.0 Å². The minimum atomic E-state index is -0.581. The van der Waals surface area contributed by atoms with E-state index in [2.05, 4.69) is 6.92 Å². The summed E-state index contributed by atoms with van der Waals surface area (Å²) in [7, 11) is 0. The molecule has 0 spiro atoms. The van der Waals surface area contributed by atoms with Crippen molar-refractivity contribution in [1.82, 2.24) is 0 Å². The summed E-state index contributed by atoms with van der Waals surface area (Å²) in [5, 5.41) is 0. The van der Waals surface area contributed by atoms with E-state index in [4.69, 9.17) is 13.9 Å². The topological polar surface area (TPSA) is 65.7 Å². The maximum absolute atomic E-state index is 11.9. The molecule has 0 amide bonds. The summed E-state index contributed by atoms with van der Waals surface area (Å²) in [5.41, 5.74) is 0.432. The molecular weight excluding hydrogens is 308 g/mol. The molecule has 0 atom stereocenters. The average Bonchev–Trinajstić information content (AvgIpc) is 3.13. The second-order valence-corrected chi connectivity index (χ2v) is 5.44. The summed E-state index contributed by atoms with van der Waals surface area (Å²) in [6, 6.07) is 9.39. The van der Waals surface area contributed by atoms with Crippen molar-refractivity contribution in [3.8, 4) is 5.75 Å². The smallest absolute Gasteiger partial charge is 0.379 e. The minimum absolute atomic E-state index is 0.126. The molecule has 0 aliphatic carbocycles. The summed E-state index contributed by atoms with van der Waals surface area (Å²) in [6.07, 6.45) is 6.93. The summed E-state index contributed by atoms with van der Waals surface area (Å²) >= 11 is 0. The zero-order valence-electron chi connectivity index (χ0n) is 13.8. The van der Waals surface area contributed by atoms with E-state index in [0.29, 0.717) is 17.9 Å². The van der Waals surface area contributed by atoms with Crippen LogP contribution < -0.4 is 4.74 Å². The van der Waals surface area contributed by atoms with Gasteiger partial charge >= 0.3 is 11.9 Å². The van der Waals surface area contributed by atoms with Crippen LogP contribution in [0.25, 0.3) is 0 Å². The van der Waals surface area contributed by atoms with Gasteiger partial charge in [0.25, 0.3) is 0 Å². The van der Waals surface area contributed by atoms with Gasteiger partial charge in [0.1, 0.15) is 5.75 Å². The Bertz CT molecular complexity index is 628. The van der Waals surface area contributed by atoms with Crippen LogP contribution >= 0.6 is 0 Å². The van der Waals surface area contributed by atoms with Gasteiger partial charge in [-0.25, -0.2) is 9.59 Å². The van der Waals surface area contributed by atoms with Crippen molar-refractivity contribution in [3.63, 3.8) is 0 Å². The van der Waals surface area contributed by atoms with Gasteiger partial charge in [0, 0.05) is 0 Å². The van der Waals surface area contributed by atoms with E-state index >= 15 is 0 Å². The normalized spacial score (nSPS) is 10.4. The Kier molecular flexibility index (Phi) is 7.08. The second-order valence-electron chi connectivity index (χ2n) is 5.44. The molecule has 0 bridgehead atoms. The molecule has 5 heteroatoms. The number of hydrogen-bond acceptors (Lipinski definition) is 5. The third kappa shape index (κ3) is 5.57. The number of furan rings is 1. The molecule has 0 radical (unpaired) electrons.